The molecule has 5 heteroatoms. The molecule has 0 radical (unpaired) electrons. The summed E-state index contributed by atoms with van der Waals surface area (Å²) in [5.74, 6) is 2.06. The first-order valence-corrected chi connectivity index (χ1v) is 6.54. The van der Waals surface area contributed by atoms with Crippen LogP contribution < -0.4 is 11.1 Å². The van der Waals surface area contributed by atoms with Gasteiger partial charge in [-0.2, -0.15) is 0 Å². The summed E-state index contributed by atoms with van der Waals surface area (Å²) in [6.07, 6.45) is 4.08. The highest BCUT2D eigenvalue weighted by Gasteiger charge is 2.19. The van der Waals surface area contributed by atoms with Gasteiger partial charge in [-0.25, -0.2) is 9.97 Å². The number of aromatic nitrogens is 3. The van der Waals surface area contributed by atoms with Crippen LogP contribution in [0.5, 0.6) is 0 Å². The zero-order valence-corrected chi connectivity index (χ0v) is 10.9. The Bertz CT molecular complexity index is 585. The van der Waals surface area contributed by atoms with Gasteiger partial charge in [0.15, 0.2) is 5.82 Å². The summed E-state index contributed by atoms with van der Waals surface area (Å²) in [6.45, 7) is 6.36. The van der Waals surface area contributed by atoms with Crippen molar-refractivity contribution in [1.29, 1.82) is 0 Å². The molecular formula is C13H19N5. The predicted octanol–water partition coefficient (Wildman–Crippen LogP) is 2.03. The van der Waals surface area contributed by atoms with Gasteiger partial charge in [-0.15, -0.1) is 0 Å². The lowest BCUT2D eigenvalue weighted by molar-refractivity contribution is 0.531. The van der Waals surface area contributed by atoms with Crippen molar-refractivity contribution in [2.75, 3.05) is 17.6 Å². The normalized spacial score (nSPS) is 14.8. The number of nitrogens with zero attached hydrogens (tertiary/aromatic N) is 3. The van der Waals surface area contributed by atoms with E-state index in [1.807, 2.05) is 6.33 Å². The number of imidazole rings is 1. The van der Waals surface area contributed by atoms with E-state index in [9.17, 15) is 0 Å². The summed E-state index contributed by atoms with van der Waals surface area (Å²) in [6, 6.07) is 0. The minimum atomic E-state index is 0.528. The van der Waals surface area contributed by atoms with E-state index in [0.29, 0.717) is 11.7 Å². The van der Waals surface area contributed by atoms with Gasteiger partial charge in [-0.05, 0) is 18.8 Å². The van der Waals surface area contributed by atoms with Gasteiger partial charge in [-0.3, -0.25) is 0 Å². The van der Waals surface area contributed by atoms with Gasteiger partial charge in [0.2, 0.25) is 0 Å². The Labute approximate surface area is 106 Å². The van der Waals surface area contributed by atoms with Crippen molar-refractivity contribution in [2.45, 2.75) is 33.2 Å². The molecule has 5 nitrogen and oxygen atoms in total. The molecule has 0 aromatic carbocycles. The van der Waals surface area contributed by atoms with Crippen molar-refractivity contribution >= 4 is 22.7 Å². The fourth-order valence-corrected chi connectivity index (χ4v) is 2.63. The number of nitrogen functional groups attached to an aromatic ring is 1. The van der Waals surface area contributed by atoms with E-state index in [2.05, 4.69) is 33.7 Å². The van der Waals surface area contributed by atoms with Gasteiger partial charge < -0.3 is 15.6 Å². The third-order valence-corrected chi connectivity index (χ3v) is 3.34. The molecule has 18 heavy (non-hydrogen) atoms. The summed E-state index contributed by atoms with van der Waals surface area (Å²) >= 11 is 0. The monoisotopic (exact) mass is 245 g/mol. The maximum atomic E-state index is 6.00. The molecule has 96 valence electrons. The standard InChI is InChI=1S/C13H19N5/c1-8(2)6-18-7-16-10-11(18)9-4-3-5-15-13(9)17-12(10)14/h7-8H,3-6H2,1-2H3,(H3,14,15,17). The number of fused-ring (bicyclic) bond motifs is 3. The van der Waals surface area contributed by atoms with Crippen LogP contribution in [0.15, 0.2) is 6.33 Å². The second-order valence-corrected chi connectivity index (χ2v) is 5.34. The minimum absolute atomic E-state index is 0.528. The summed E-state index contributed by atoms with van der Waals surface area (Å²) in [7, 11) is 0. The number of pyridine rings is 1. The highest BCUT2D eigenvalue weighted by Crippen LogP contribution is 2.31. The first-order chi connectivity index (χ1) is 8.66. The number of nitrogens with two attached hydrogens (primary N) is 1. The molecule has 0 spiro atoms. The fraction of sp³-hybridized carbons (Fsp3) is 0.538. The first kappa shape index (κ1) is 11.3. The van der Waals surface area contributed by atoms with E-state index in [4.69, 9.17) is 5.73 Å². The number of anilines is 2. The molecule has 0 saturated carbocycles. The quantitative estimate of drug-likeness (QED) is 0.849. The summed E-state index contributed by atoms with van der Waals surface area (Å²) in [4.78, 5) is 8.85. The molecule has 2 aromatic heterocycles. The predicted molar refractivity (Wildman–Crippen MR) is 73.6 cm³/mol. The van der Waals surface area contributed by atoms with Gasteiger partial charge in [0, 0.05) is 18.7 Å². The molecule has 0 bridgehead atoms. The lowest BCUT2D eigenvalue weighted by atomic mass is 10.1. The van der Waals surface area contributed by atoms with Gasteiger partial charge in [0.05, 0.1) is 11.8 Å². The zero-order chi connectivity index (χ0) is 12.7. The van der Waals surface area contributed by atoms with Gasteiger partial charge in [0.25, 0.3) is 0 Å². The van der Waals surface area contributed by atoms with Crippen LogP contribution in [-0.4, -0.2) is 21.1 Å². The maximum absolute atomic E-state index is 6.00. The SMILES string of the molecule is CC(C)Cn1cnc2c(N)nc3c(c21)CCCN3. The second kappa shape index (κ2) is 4.15. The third kappa shape index (κ3) is 1.70. The van der Waals surface area contributed by atoms with E-state index < -0.39 is 0 Å². The van der Waals surface area contributed by atoms with Crippen molar-refractivity contribution in [2.24, 2.45) is 5.92 Å². The van der Waals surface area contributed by atoms with Crippen molar-refractivity contribution in [3.05, 3.63) is 11.9 Å². The van der Waals surface area contributed by atoms with E-state index in [-0.39, 0.29) is 0 Å². The molecule has 0 unspecified atom stereocenters. The van der Waals surface area contributed by atoms with Crippen LogP contribution in [0, 0.1) is 5.92 Å². The molecule has 3 rings (SSSR count). The van der Waals surface area contributed by atoms with Crippen LogP contribution in [0.25, 0.3) is 11.0 Å². The average Bonchev–Trinajstić information content (AvgIpc) is 2.73. The van der Waals surface area contributed by atoms with Crippen LogP contribution in [0.3, 0.4) is 0 Å². The van der Waals surface area contributed by atoms with E-state index in [1.54, 1.807) is 0 Å². The Morgan fingerprint density at radius 2 is 2.33 bits per heavy atom. The highest BCUT2D eigenvalue weighted by molar-refractivity contribution is 5.91. The van der Waals surface area contributed by atoms with Crippen LogP contribution in [0.2, 0.25) is 0 Å². The topological polar surface area (TPSA) is 68.8 Å². The van der Waals surface area contributed by atoms with Crippen LogP contribution in [0.1, 0.15) is 25.8 Å². The highest BCUT2D eigenvalue weighted by atomic mass is 15.1. The van der Waals surface area contributed by atoms with E-state index in [1.165, 1.54) is 11.1 Å². The van der Waals surface area contributed by atoms with Crippen LogP contribution >= 0.6 is 0 Å². The van der Waals surface area contributed by atoms with Gasteiger partial charge >= 0.3 is 0 Å². The van der Waals surface area contributed by atoms with Crippen molar-refractivity contribution < 1.29 is 0 Å². The molecule has 0 aliphatic carbocycles. The number of hydrogen-bond donors (Lipinski definition) is 2. The molecule has 0 amide bonds. The molecule has 0 fully saturated rings. The molecule has 1 aliphatic rings. The van der Waals surface area contributed by atoms with Gasteiger partial charge in [0.1, 0.15) is 11.3 Å². The minimum Gasteiger partial charge on any atom is -0.382 e. The molecule has 0 atom stereocenters. The van der Waals surface area contributed by atoms with Crippen molar-refractivity contribution in [3.63, 3.8) is 0 Å². The zero-order valence-electron chi connectivity index (χ0n) is 10.9. The molecule has 3 heterocycles. The fourth-order valence-electron chi connectivity index (χ4n) is 2.63. The largest absolute Gasteiger partial charge is 0.382 e. The summed E-state index contributed by atoms with van der Waals surface area (Å²) < 4.78 is 2.21. The molecular weight excluding hydrogens is 226 g/mol. The molecule has 2 aromatic rings. The van der Waals surface area contributed by atoms with Crippen molar-refractivity contribution in [1.82, 2.24) is 14.5 Å². The molecule has 3 N–H and O–H groups in total. The molecule has 0 saturated heterocycles. The van der Waals surface area contributed by atoms with E-state index >= 15 is 0 Å². The van der Waals surface area contributed by atoms with E-state index in [0.717, 1.165) is 37.3 Å². The number of hydrogen-bond acceptors (Lipinski definition) is 4. The number of nitrogens with one attached hydrogen (secondary N) is 1. The number of aryl methyl sites for hydroxylation is 1. The third-order valence-electron chi connectivity index (χ3n) is 3.34. The number of rotatable bonds is 2. The Kier molecular flexibility index (Phi) is 2.61. The van der Waals surface area contributed by atoms with Gasteiger partial charge in [-0.1, -0.05) is 13.8 Å². The lowest BCUT2D eigenvalue weighted by Gasteiger charge is -2.19. The summed E-state index contributed by atoms with van der Waals surface area (Å²) in [5.41, 5.74) is 9.28. The summed E-state index contributed by atoms with van der Waals surface area (Å²) in [5, 5.41) is 3.33. The smallest absolute Gasteiger partial charge is 0.154 e. The Morgan fingerprint density at radius 1 is 1.50 bits per heavy atom. The maximum Gasteiger partial charge on any atom is 0.154 e. The average molecular weight is 245 g/mol. The Hall–Kier alpha value is -1.78. The second-order valence-electron chi connectivity index (χ2n) is 5.34. The Balaban J connectivity index is 2.24. The van der Waals surface area contributed by atoms with Crippen LogP contribution in [-0.2, 0) is 13.0 Å². The first-order valence-electron chi connectivity index (χ1n) is 6.54. The van der Waals surface area contributed by atoms with Crippen LogP contribution in [0.4, 0.5) is 11.6 Å². The lowest BCUT2D eigenvalue weighted by Crippen LogP contribution is -2.16. The van der Waals surface area contributed by atoms with Crippen molar-refractivity contribution in [3.8, 4) is 0 Å². The molecule has 1 aliphatic heterocycles. The Morgan fingerprint density at radius 3 is 3.11 bits per heavy atom.